The number of rotatable bonds is 2. The van der Waals surface area contributed by atoms with Crippen molar-refractivity contribution < 1.29 is 4.79 Å². The number of amides is 2. The predicted molar refractivity (Wildman–Crippen MR) is 75.9 cm³/mol. The Morgan fingerprint density at radius 2 is 2.00 bits per heavy atom. The molecule has 0 unspecified atom stereocenters. The fourth-order valence-corrected chi connectivity index (χ4v) is 1.71. The summed E-state index contributed by atoms with van der Waals surface area (Å²) in [5.74, 6) is 0.728. The minimum Gasteiger partial charge on any atom is -0.345 e. The fourth-order valence-electron chi connectivity index (χ4n) is 1.71. The zero-order valence-corrected chi connectivity index (χ0v) is 11.3. The van der Waals surface area contributed by atoms with Crippen molar-refractivity contribution in [2.45, 2.75) is 26.3 Å². The van der Waals surface area contributed by atoms with Crippen LogP contribution in [0.4, 0.5) is 10.5 Å². The van der Waals surface area contributed by atoms with Gasteiger partial charge in [-0.25, -0.2) is 9.78 Å². The maximum absolute atomic E-state index is 11.9. The van der Waals surface area contributed by atoms with Crippen molar-refractivity contribution in [2.75, 3.05) is 5.32 Å². The Morgan fingerprint density at radius 3 is 2.63 bits per heavy atom. The Kier molecular flexibility index (Phi) is 3.55. The Balaban J connectivity index is 2.20. The SMILES string of the molecule is CC(C)(C)NC(=O)Nc1ccccc1-c1ncc[nH]1. The van der Waals surface area contributed by atoms with Crippen LogP contribution in [-0.4, -0.2) is 21.5 Å². The maximum Gasteiger partial charge on any atom is 0.319 e. The summed E-state index contributed by atoms with van der Waals surface area (Å²) in [6.07, 6.45) is 3.43. The van der Waals surface area contributed by atoms with Gasteiger partial charge in [0.1, 0.15) is 5.82 Å². The highest BCUT2D eigenvalue weighted by Gasteiger charge is 2.15. The summed E-state index contributed by atoms with van der Waals surface area (Å²) in [6, 6.07) is 7.31. The lowest BCUT2D eigenvalue weighted by molar-refractivity contribution is 0.244. The molecule has 0 aliphatic rings. The number of carbonyl (C=O) groups is 1. The molecule has 5 nitrogen and oxygen atoms in total. The molecule has 2 aromatic rings. The molecule has 1 heterocycles. The van der Waals surface area contributed by atoms with Crippen LogP contribution in [-0.2, 0) is 0 Å². The minimum atomic E-state index is -0.274. The molecular formula is C14H18N4O. The van der Waals surface area contributed by atoms with E-state index in [1.807, 2.05) is 45.0 Å². The first-order chi connectivity index (χ1) is 8.96. The summed E-state index contributed by atoms with van der Waals surface area (Å²) in [5, 5.41) is 5.70. The van der Waals surface area contributed by atoms with E-state index < -0.39 is 0 Å². The summed E-state index contributed by atoms with van der Waals surface area (Å²) >= 11 is 0. The number of anilines is 1. The normalized spacial score (nSPS) is 11.1. The first-order valence-electron chi connectivity index (χ1n) is 6.14. The highest BCUT2D eigenvalue weighted by Crippen LogP contribution is 2.24. The molecule has 100 valence electrons. The van der Waals surface area contributed by atoms with Gasteiger partial charge < -0.3 is 15.6 Å². The van der Waals surface area contributed by atoms with E-state index >= 15 is 0 Å². The molecule has 5 heteroatoms. The number of benzene rings is 1. The van der Waals surface area contributed by atoms with Crippen LogP contribution in [0.2, 0.25) is 0 Å². The highest BCUT2D eigenvalue weighted by molar-refractivity contribution is 5.93. The monoisotopic (exact) mass is 258 g/mol. The minimum absolute atomic E-state index is 0.230. The van der Waals surface area contributed by atoms with Crippen molar-refractivity contribution in [1.29, 1.82) is 0 Å². The van der Waals surface area contributed by atoms with Crippen molar-refractivity contribution in [3.8, 4) is 11.4 Å². The molecule has 2 rings (SSSR count). The van der Waals surface area contributed by atoms with E-state index in [9.17, 15) is 4.79 Å². The molecule has 1 aromatic heterocycles. The molecule has 1 aromatic carbocycles. The molecule has 0 bridgehead atoms. The largest absolute Gasteiger partial charge is 0.345 e. The van der Waals surface area contributed by atoms with Crippen LogP contribution >= 0.6 is 0 Å². The lowest BCUT2D eigenvalue weighted by Crippen LogP contribution is -2.43. The van der Waals surface area contributed by atoms with Crippen LogP contribution in [0.3, 0.4) is 0 Å². The molecule has 0 atom stereocenters. The quantitative estimate of drug-likeness (QED) is 0.775. The smallest absolute Gasteiger partial charge is 0.319 e. The number of nitrogens with one attached hydrogen (secondary N) is 3. The van der Waals surface area contributed by atoms with E-state index in [1.165, 1.54) is 0 Å². The van der Waals surface area contributed by atoms with Crippen LogP contribution in [0.15, 0.2) is 36.7 Å². The number of imidazole rings is 1. The van der Waals surface area contributed by atoms with Gasteiger partial charge in [0.05, 0.1) is 5.69 Å². The molecule has 0 aliphatic heterocycles. The Hall–Kier alpha value is -2.30. The van der Waals surface area contributed by atoms with Gasteiger partial charge in [-0.3, -0.25) is 0 Å². The van der Waals surface area contributed by atoms with Gasteiger partial charge in [-0.2, -0.15) is 0 Å². The molecule has 2 amide bonds. The van der Waals surface area contributed by atoms with Crippen LogP contribution in [0.5, 0.6) is 0 Å². The van der Waals surface area contributed by atoms with Crippen LogP contribution in [0.25, 0.3) is 11.4 Å². The molecule has 0 spiro atoms. The van der Waals surface area contributed by atoms with Gasteiger partial charge in [0.15, 0.2) is 0 Å². The number of hydrogen-bond acceptors (Lipinski definition) is 2. The third-order valence-corrected chi connectivity index (χ3v) is 2.42. The van der Waals surface area contributed by atoms with Crippen LogP contribution < -0.4 is 10.6 Å². The Labute approximate surface area is 112 Å². The molecule has 0 fully saturated rings. The summed E-state index contributed by atoms with van der Waals surface area (Å²) in [4.78, 5) is 19.1. The third-order valence-electron chi connectivity index (χ3n) is 2.42. The first-order valence-corrected chi connectivity index (χ1v) is 6.14. The lowest BCUT2D eigenvalue weighted by Gasteiger charge is -2.21. The third kappa shape index (κ3) is 3.58. The van der Waals surface area contributed by atoms with Gasteiger partial charge >= 0.3 is 6.03 Å². The average Bonchev–Trinajstić information content (AvgIpc) is 2.80. The Bertz CT molecular complexity index is 555. The second-order valence-electron chi connectivity index (χ2n) is 5.31. The molecule has 0 saturated carbocycles. The number of carbonyl (C=O) groups excluding carboxylic acids is 1. The summed E-state index contributed by atoms with van der Waals surface area (Å²) in [5.41, 5.74) is 1.31. The van der Waals surface area contributed by atoms with Gasteiger partial charge in [0, 0.05) is 23.5 Å². The number of nitrogens with zero attached hydrogens (tertiary/aromatic N) is 1. The maximum atomic E-state index is 11.9. The van der Waals surface area contributed by atoms with E-state index in [-0.39, 0.29) is 11.6 Å². The van der Waals surface area contributed by atoms with E-state index in [0.717, 1.165) is 17.1 Å². The van der Waals surface area contributed by atoms with Crippen molar-refractivity contribution >= 4 is 11.7 Å². The molecule has 19 heavy (non-hydrogen) atoms. The molecule has 0 radical (unpaired) electrons. The van der Waals surface area contributed by atoms with E-state index in [4.69, 9.17) is 0 Å². The van der Waals surface area contributed by atoms with Crippen LogP contribution in [0, 0.1) is 0 Å². The van der Waals surface area contributed by atoms with Crippen molar-refractivity contribution in [3.05, 3.63) is 36.7 Å². The number of H-pyrrole nitrogens is 1. The number of urea groups is 1. The van der Waals surface area contributed by atoms with Crippen molar-refractivity contribution in [2.24, 2.45) is 0 Å². The second kappa shape index (κ2) is 5.14. The number of aromatic amines is 1. The van der Waals surface area contributed by atoms with Crippen molar-refractivity contribution in [1.82, 2.24) is 15.3 Å². The average molecular weight is 258 g/mol. The molecule has 0 aliphatic carbocycles. The second-order valence-corrected chi connectivity index (χ2v) is 5.31. The van der Waals surface area contributed by atoms with Gasteiger partial charge in [0.25, 0.3) is 0 Å². The zero-order valence-electron chi connectivity index (χ0n) is 11.3. The fraction of sp³-hybridized carbons (Fsp3) is 0.286. The highest BCUT2D eigenvalue weighted by atomic mass is 16.2. The van der Waals surface area contributed by atoms with Gasteiger partial charge in [-0.1, -0.05) is 12.1 Å². The van der Waals surface area contributed by atoms with Gasteiger partial charge in [-0.15, -0.1) is 0 Å². The summed E-state index contributed by atoms with van der Waals surface area (Å²) in [7, 11) is 0. The van der Waals surface area contributed by atoms with Gasteiger partial charge in [-0.05, 0) is 32.9 Å². The summed E-state index contributed by atoms with van der Waals surface area (Å²) < 4.78 is 0. The van der Waals surface area contributed by atoms with Crippen molar-refractivity contribution in [3.63, 3.8) is 0 Å². The zero-order chi connectivity index (χ0) is 13.9. The van der Waals surface area contributed by atoms with Crippen LogP contribution in [0.1, 0.15) is 20.8 Å². The summed E-state index contributed by atoms with van der Waals surface area (Å²) in [6.45, 7) is 5.81. The first kappa shape index (κ1) is 13.1. The van der Waals surface area contributed by atoms with Gasteiger partial charge in [0.2, 0.25) is 0 Å². The molecule has 0 saturated heterocycles. The Morgan fingerprint density at radius 1 is 1.26 bits per heavy atom. The molecular weight excluding hydrogens is 240 g/mol. The predicted octanol–water partition coefficient (Wildman–Crippen LogP) is 3.00. The number of aromatic nitrogens is 2. The topological polar surface area (TPSA) is 69.8 Å². The van der Waals surface area contributed by atoms with E-state index in [1.54, 1.807) is 12.4 Å². The van der Waals surface area contributed by atoms with E-state index in [0.29, 0.717) is 0 Å². The van der Waals surface area contributed by atoms with E-state index in [2.05, 4.69) is 20.6 Å². The standard InChI is InChI=1S/C14H18N4O/c1-14(2,3)18-13(19)17-11-7-5-4-6-10(11)12-15-8-9-16-12/h4-9H,1-3H3,(H,15,16)(H2,17,18,19). The lowest BCUT2D eigenvalue weighted by atomic mass is 10.1. The number of hydrogen-bond donors (Lipinski definition) is 3. The number of para-hydroxylation sites is 1. The molecule has 3 N–H and O–H groups in total.